The molecular weight excluding hydrogens is 352 g/mol. The molecule has 4 rings (SSSR count). The third kappa shape index (κ3) is 3.30. The fraction of sp³-hybridized carbons (Fsp3) is 0.0870. The van der Waals surface area contributed by atoms with Crippen LogP contribution in [0.15, 0.2) is 73.1 Å². The zero-order valence-corrected chi connectivity index (χ0v) is 15.3. The van der Waals surface area contributed by atoms with Gasteiger partial charge >= 0.3 is 5.97 Å². The van der Waals surface area contributed by atoms with Crippen LogP contribution in [-0.2, 0) is 6.54 Å². The van der Waals surface area contributed by atoms with E-state index in [9.17, 15) is 14.7 Å². The molecule has 4 aromatic rings. The molecule has 0 spiro atoms. The van der Waals surface area contributed by atoms with Gasteiger partial charge in [-0.3, -0.25) is 9.78 Å². The SMILES string of the molecule is Cc1ccc(C(=O)c2cccn2Cc2cnc3c(C(=O)O)cccc3c2)cc1. The number of para-hydroxylation sites is 1. The predicted octanol–water partition coefficient (Wildman–Crippen LogP) is 4.32. The number of ketones is 1. The van der Waals surface area contributed by atoms with Crippen molar-refractivity contribution in [3.05, 3.63) is 101 Å². The predicted molar refractivity (Wildman–Crippen MR) is 107 cm³/mol. The van der Waals surface area contributed by atoms with Crippen LogP contribution in [0.4, 0.5) is 0 Å². The molecule has 0 saturated carbocycles. The van der Waals surface area contributed by atoms with E-state index in [0.29, 0.717) is 23.3 Å². The maximum atomic E-state index is 12.9. The zero-order chi connectivity index (χ0) is 19.7. The number of aromatic nitrogens is 2. The van der Waals surface area contributed by atoms with Crippen molar-refractivity contribution in [2.75, 3.05) is 0 Å². The standard InChI is InChI=1S/C23H18N2O3/c1-15-7-9-17(10-8-15)22(26)20-6-3-11-25(20)14-16-12-18-4-2-5-19(23(27)28)21(18)24-13-16/h2-13H,14H2,1H3,(H,27,28). The number of hydrogen-bond acceptors (Lipinski definition) is 3. The molecular formula is C23H18N2O3. The Hall–Kier alpha value is -3.73. The first-order chi connectivity index (χ1) is 13.5. The number of carboxylic acid groups (broad SMARTS) is 1. The first-order valence-corrected chi connectivity index (χ1v) is 8.90. The minimum absolute atomic E-state index is 0.0353. The maximum Gasteiger partial charge on any atom is 0.337 e. The Morgan fingerprint density at radius 3 is 2.57 bits per heavy atom. The van der Waals surface area contributed by atoms with Crippen molar-refractivity contribution in [3.63, 3.8) is 0 Å². The lowest BCUT2D eigenvalue weighted by Crippen LogP contribution is -2.11. The van der Waals surface area contributed by atoms with E-state index < -0.39 is 5.97 Å². The number of hydrogen-bond donors (Lipinski definition) is 1. The highest BCUT2D eigenvalue weighted by Gasteiger charge is 2.14. The van der Waals surface area contributed by atoms with Crippen LogP contribution in [0.5, 0.6) is 0 Å². The van der Waals surface area contributed by atoms with Crippen molar-refractivity contribution in [2.24, 2.45) is 0 Å². The van der Waals surface area contributed by atoms with Crippen molar-refractivity contribution in [1.29, 1.82) is 0 Å². The molecule has 0 bridgehead atoms. The molecule has 0 amide bonds. The van der Waals surface area contributed by atoms with Gasteiger partial charge < -0.3 is 9.67 Å². The number of carbonyl (C=O) groups is 2. The number of carboxylic acids is 1. The molecule has 0 aliphatic heterocycles. The Balaban J connectivity index is 1.65. The number of aryl methyl sites for hydroxylation is 1. The Kier molecular flexibility index (Phi) is 4.49. The van der Waals surface area contributed by atoms with E-state index in [1.165, 1.54) is 0 Å². The van der Waals surface area contributed by atoms with Crippen LogP contribution in [0.3, 0.4) is 0 Å². The fourth-order valence-corrected chi connectivity index (χ4v) is 3.27. The van der Waals surface area contributed by atoms with Gasteiger partial charge in [0, 0.05) is 29.9 Å². The van der Waals surface area contributed by atoms with Crippen molar-refractivity contribution in [2.45, 2.75) is 13.5 Å². The fourth-order valence-electron chi connectivity index (χ4n) is 3.27. The van der Waals surface area contributed by atoms with E-state index in [1.54, 1.807) is 24.4 Å². The summed E-state index contributed by atoms with van der Waals surface area (Å²) in [4.78, 5) is 28.6. The van der Waals surface area contributed by atoms with Gasteiger partial charge in [-0.25, -0.2) is 4.79 Å². The summed E-state index contributed by atoms with van der Waals surface area (Å²) in [6, 6.07) is 18.2. The molecule has 28 heavy (non-hydrogen) atoms. The zero-order valence-electron chi connectivity index (χ0n) is 15.3. The molecule has 0 aliphatic carbocycles. The number of nitrogens with zero attached hydrogens (tertiary/aromatic N) is 2. The number of pyridine rings is 1. The number of aromatic carboxylic acids is 1. The molecule has 1 N–H and O–H groups in total. The van der Waals surface area contributed by atoms with E-state index >= 15 is 0 Å². The summed E-state index contributed by atoms with van der Waals surface area (Å²) in [6.45, 7) is 2.46. The van der Waals surface area contributed by atoms with Crippen molar-refractivity contribution < 1.29 is 14.7 Å². The Morgan fingerprint density at radius 2 is 1.82 bits per heavy atom. The second-order valence-corrected chi connectivity index (χ2v) is 6.74. The number of rotatable bonds is 5. The molecule has 0 atom stereocenters. The summed E-state index contributed by atoms with van der Waals surface area (Å²) >= 11 is 0. The third-order valence-electron chi connectivity index (χ3n) is 4.73. The van der Waals surface area contributed by atoms with E-state index in [1.807, 2.05) is 60.2 Å². The summed E-state index contributed by atoms with van der Waals surface area (Å²) < 4.78 is 1.88. The molecule has 0 radical (unpaired) electrons. The van der Waals surface area contributed by atoms with Gasteiger partial charge in [0.1, 0.15) is 0 Å². The van der Waals surface area contributed by atoms with Crippen LogP contribution in [0, 0.1) is 6.92 Å². The number of fused-ring (bicyclic) bond motifs is 1. The summed E-state index contributed by atoms with van der Waals surface area (Å²) in [7, 11) is 0. The van der Waals surface area contributed by atoms with Gasteiger partial charge in [-0.2, -0.15) is 0 Å². The normalized spacial score (nSPS) is 10.9. The minimum atomic E-state index is -0.998. The van der Waals surface area contributed by atoms with Gasteiger partial charge in [-0.05, 0) is 36.8 Å². The van der Waals surface area contributed by atoms with Crippen molar-refractivity contribution >= 4 is 22.7 Å². The van der Waals surface area contributed by atoms with E-state index in [4.69, 9.17) is 0 Å². The molecule has 2 aromatic carbocycles. The van der Waals surface area contributed by atoms with Crippen LogP contribution < -0.4 is 0 Å². The summed E-state index contributed by atoms with van der Waals surface area (Å²) in [5, 5.41) is 10.1. The van der Waals surface area contributed by atoms with E-state index in [0.717, 1.165) is 16.5 Å². The van der Waals surface area contributed by atoms with Crippen LogP contribution in [-0.4, -0.2) is 26.4 Å². The van der Waals surface area contributed by atoms with Gasteiger partial charge in [-0.1, -0.05) is 42.0 Å². The molecule has 0 unspecified atom stereocenters. The maximum absolute atomic E-state index is 12.9. The average molecular weight is 370 g/mol. The first-order valence-electron chi connectivity index (χ1n) is 8.90. The van der Waals surface area contributed by atoms with Crippen molar-refractivity contribution in [1.82, 2.24) is 9.55 Å². The largest absolute Gasteiger partial charge is 0.478 e. The molecule has 2 heterocycles. The third-order valence-corrected chi connectivity index (χ3v) is 4.73. The molecule has 138 valence electrons. The quantitative estimate of drug-likeness (QED) is 0.531. The van der Waals surface area contributed by atoms with E-state index in [-0.39, 0.29) is 11.3 Å². The number of carbonyl (C=O) groups excluding carboxylic acids is 1. The lowest BCUT2D eigenvalue weighted by molar-refractivity contribution is 0.0698. The van der Waals surface area contributed by atoms with Crippen LogP contribution in [0.25, 0.3) is 10.9 Å². The second-order valence-electron chi connectivity index (χ2n) is 6.74. The summed E-state index contributed by atoms with van der Waals surface area (Å²) in [6.07, 6.45) is 3.52. The lowest BCUT2D eigenvalue weighted by Gasteiger charge is -2.10. The molecule has 5 nitrogen and oxygen atoms in total. The molecule has 0 aliphatic rings. The van der Waals surface area contributed by atoms with E-state index in [2.05, 4.69) is 4.98 Å². The average Bonchev–Trinajstić information content (AvgIpc) is 3.15. The lowest BCUT2D eigenvalue weighted by atomic mass is 10.1. The van der Waals surface area contributed by atoms with Gasteiger partial charge in [0.25, 0.3) is 0 Å². The van der Waals surface area contributed by atoms with Gasteiger partial charge in [0.2, 0.25) is 5.78 Å². The minimum Gasteiger partial charge on any atom is -0.478 e. The van der Waals surface area contributed by atoms with Gasteiger partial charge in [-0.15, -0.1) is 0 Å². The highest BCUT2D eigenvalue weighted by atomic mass is 16.4. The topological polar surface area (TPSA) is 72.2 Å². The highest BCUT2D eigenvalue weighted by Crippen LogP contribution is 2.20. The Bertz CT molecular complexity index is 1190. The Labute approximate surface area is 161 Å². The summed E-state index contributed by atoms with van der Waals surface area (Å²) in [5.41, 5.74) is 3.89. The Morgan fingerprint density at radius 1 is 1.04 bits per heavy atom. The monoisotopic (exact) mass is 370 g/mol. The summed E-state index contributed by atoms with van der Waals surface area (Å²) in [5.74, 6) is -1.03. The molecule has 0 saturated heterocycles. The molecule has 0 fully saturated rings. The first kappa shape index (κ1) is 17.7. The molecule has 2 aromatic heterocycles. The molecule has 5 heteroatoms. The smallest absolute Gasteiger partial charge is 0.337 e. The van der Waals surface area contributed by atoms with Crippen LogP contribution >= 0.6 is 0 Å². The highest BCUT2D eigenvalue weighted by molar-refractivity contribution is 6.08. The van der Waals surface area contributed by atoms with Crippen LogP contribution in [0.2, 0.25) is 0 Å². The van der Waals surface area contributed by atoms with Crippen molar-refractivity contribution in [3.8, 4) is 0 Å². The van der Waals surface area contributed by atoms with Crippen LogP contribution in [0.1, 0.15) is 37.5 Å². The number of benzene rings is 2. The van der Waals surface area contributed by atoms with Gasteiger partial charge in [0.15, 0.2) is 0 Å². The second kappa shape index (κ2) is 7.12. The van der Waals surface area contributed by atoms with Gasteiger partial charge in [0.05, 0.1) is 16.8 Å².